The first kappa shape index (κ1) is 12.8. The smallest absolute Gasteiger partial charge is 0.162 e. The molecule has 0 heterocycles. The first-order chi connectivity index (χ1) is 8.61. The van der Waals surface area contributed by atoms with Crippen LogP contribution in [0.2, 0.25) is 5.02 Å². The average molecular weight is 263 g/mol. The van der Waals surface area contributed by atoms with Crippen molar-refractivity contribution in [1.82, 2.24) is 0 Å². The Balaban J connectivity index is 2.44. The van der Waals surface area contributed by atoms with Gasteiger partial charge in [-0.15, -0.1) is 0 Å². The zero-order valence-electron chi connectivity index (χ0n) is 9.91. The standard InChI is InChI=1S/C15H12ClFO/c1-2-15(18)12-5-3-4-10(8-12)11-6-7-14(17)13(16)9-11/h3-9H,2H2,1H3. The minimum absolute atomic E-state index is 0.0831. The van der Waals surface area contributed by atoms with E-state index < -0.39 is 5.82 Å². The molecular formula is C15H12ClFO. The van der Waals surface area contributed by atoms with Gasteiger partial charge < -0.3 is 0 Å². The molecular weight excluding hydrogens is 251 g/mol. The molecule has 0 unspecified atom stereocenters. The minimum Gasteiger partial charge on any atom is -0.294 e. The molecule has 0 aliphatic rings. The summed E-state index contributed by atoms with van der Waals surface area (Å²) in [4.78, 5) is 11.6. The molecule has 1 nitrogen and oxygen atoms in total. The Morgan fingerprint density at radius 1 is 1.17 bits per heavy atom. The second kappa shape index (κ2) is 5.32. The van der Waals surface area contributed by atoms with Gasteiger partial charge in [0.1, 0.15) is 5.82 Å². The van der Waals surface area contributed by atoms with Crippen molar-refractivity contribution in [3.8, 4) is 11.1 Å². The number of benzene rings is 2. The molecule has 0 aliphatic carbocycles. The fraction of sp³-hybridized carbons (Fsp3) is 0.133. The zero-order valence-corrected chi connectivity index (χ0v) is 10.7. The maximum atomic E-state index is 13.1. The van der Waals surface area contributed by atoms with Crippen LogP contribution in [0.15, 0.2) is 42.5 Å². The van der Waals surface area contributed by atoms with Crippen molar-refractivity contribution in [2.45, 2.75) is 13.3 Å². The lowest BCUT2D eigenvalue weighted by Gasteiger charge is -2.05. The summed E-state index contributed by atoms with van der Waals surface area (Å²) in [6, 6.07) is 11.8. The first-order valence-corrected chi connectivity index (χ1v) is 6.08. The van der Waals surface area contributed by atoms with E-state index in [4.69, 9.17) is 11.6 Å². The molecule has 0 saturated heterocycles. The summed E-state index contributed by atoms with van der Waals surface area (Å²) in [6.07, 6.45) is 0.466. The van der Waals surface area contributed by atoms with Crippen molar-refractivity contribution in [1.29, 1.82) is 0 Å². The van der Waals surface area contributed by atoms with Crippen LogP contribution in [0, 0.1) is 5.82 Å². The monoisotopic (exact) mass is 262 g/mol. The predicted octanol–water partition coefficient (Wildman–Crippen LogP) is 4.74. The third kappa shape index (κ3) is 2.59. The fourth-order valence-electron chi connectivity index (χ4n) is 1.75. The van der Waals surface area contributed by atoms with Crippen LogP contribution in [0.3, 0.4) is 0 Å². The lowest BCUT2D eigenvalue weighted by Crippen LogP contribution is -1.96. The van der Waals surface area contributed by atoms with E-state index in [1.54, 1.807) is 24.3 Å². The number of carbonyl (C=O) groups is 1. The molecule has 92 valence electrons. The van der Waals surface area contributed by atoms with Crippen molar-refractivity contribution in [3.63, 3.8) is 0 Å². The highest BCUT2D eigenvalue weighted by atomic mass is 35.5. The van der Waals surface area contributed by atoms with Gasteiger partial charge in [-0.2, -0.15) is 0 Å². The normalized spacial score (nSPS) is 10.4. The largest absolute Gasteiger partial charge is 0.294 e. The summed E-state index contributed by atoms with van der Waals surface area (Å²) in [6.45, 7) is 1.82. The van der Waals surface area contributed by atoms with E-state index in [-0.39, 0.29) is 10.8 Å². The van der Waals surface area contributed by atoms with Crippen LogP contribution >= 0.6 is 11.6 Å². The maximum absolute atomic E-state index is 13.1. The molecule has 0 saturated carbocycles. The highest BCUT2D eigenvalue weighted by molar-refractivity contribution is 6.31. The number of halogens is 2. The second-order valence-electron chi connectivity index (χ2n) is 3.99. The Hall–Kier alpha value is -1.67. The Morgan fingerprint density at radius 2 is 1.89 bits per heavy atom. The van der Waals surface area contributed by atoms with Gasteiger partial charge in [0.15, 0.2) is 5.78 Å². The molecule has 0 N–H and O–H groups in total. The van der Waals surface area contributed by atoms with Crippen LogP contribution in [0.5, 0.6) is 0 Å². The highest BCUT2D eigenvalue weighted by Crippen LogP contribution is 2.25. The number of ketones is 1. The number of carbonyl (C=O) groups excluding carboxylic acids is 1. The van der Waals surface area contributed by atoms with Crippen molar-refractivity contribution in [3.05, 3.63) is 58.9 Å². The Morgan fingerprint density at radius 3 is 2.56 bits per heavy atom. The summed E-state index contributed by atoms with van der Waals surface area (Å²) < 4.78 is 13.1. The second-order valence-corrected chi connectivity index (χ2v) is 4.39. The third-order valence-corrected chi connectivity index (χ3v) is 3.05. The molecule has 0 aromatic heterocycles. The highest BCUT2D eigenvalue weighted by Gasteiger charge is 2.06. The lowest BCUT2D eigenvalue weighted by molar-refractivity contribution is 0.0988. The van der Waals surface area contributed by atoms with E-state index in [1.807, 2.05) is 19.1 Å². The summed E-state index contributed by atoms with van der Waals surface area (Å²) in [5.74, 6) is -0.355. The van der Waals surface area contributed by atoms with Crippen LogP contribution in [0.25, 0.3) is 11.1 Å². The van der Waals surface area contributed by atoms with Crippen molar-refractivity contribution in [2.75, 3.05) is 0 Å². The maximum Gasteiger partial charge on any atom is 0.162 e. The Kier molecular flexibility index (Phi) is 3.78. The van der Waals surface area contributed by atoms with E-state index in [0.29, 0.717) is 12.0 Å². The summed E-state index contributed by atoms with van der Waals surface area (Å²) >= 11 is 5.75. The van der Waals surface area contributed by atoms with E-state index in [0.717, 1.165) is 11.1 Å². The van der Waals surface area contributed by atoms with Crippen molar-refractivity contribution in [2.24, 2.45) is 0 Å². The lowest BCUT2D eigenvalue weighted by atomic mass is 10.0. The zero-order chi connectivity index (χ0) is 13.1. The number of Topliss-reactive ketones (excluding diaryl/α,β-unsaturated/α-hetero) is 1. The summed E-state index contributed by atoms with van der Waals surface area (Å²) in [7, 11) is 0. The number of hydrogen-bond acceptors (Lipinski definition) is 1. The molecule has 18 heavy (non-hydrogen) atoms. The first-order valence-electron chi connectivity index (χ1n) is 5.70. The van der Waals surface area contributed by atoms with Crippen LogP contribution in [0.1, 0.15) is 23.7 Å². The van der Waals surface area contributed by atoms with Crippen molar-refractivity contribution < 1.29 is 9.18 Å². The Bertz CT molecular complexity index is 593. The van der Waals surface area contributed by atoms with Gasteiger partial charge in [-0.05, 0) is 29.3 Å². The van der Waals surface area contributed by atoms with Gasteiger partial charge in [-0.25, -0.2) is 4.39 Å². The van der Waals surface area contributed by atoms with Crippen molar-refractivity contribution >= 4 is 17.4 Å². The molecule has 3 heteroatoms. The predicted molar refractivity (Wildman–Crippen MR) is 71.5 cm³/mol. The topological polar surface area (TPSA) is 17.1 Å². The average Bonchev–Trinajstić information content (AvgIpc) is 2.41. The summed E-state index contributed by atoms with van der Waals surface area (Å²) in [5.41, 5.74) is 2.32. The van der Waals surface area contributed by atoms with Gasteiger partial charge in [0, 0.05) is 12.0 Å². The van der Waals surface area contributed by atoms with Crippen LogP contribution in [-0.2, 0) is 0 Å². The van der Waals surface area contributed by atoms with E-state index in [1.165, 1.54) is 6.07 Å². The van der Waals surface area contributed by atoms with Gasteiger partial charge in [0.2, 0.25) is 0 Å². The van der Waals surface area contributed by atoms with Gasteiger partial charge in [0.25, 0.3) is 0 Å². The minimum atomic E-state index is -0.443. The number of rotatable bonds is 3. The van der Waals surface area contributed by atoms with Crippen LogP contribution < -0.4 is 0 Å². The van der Waals surface area contributed by atoms with E-state index in [2.05, 4.69) is 0 Å². The SMILES string of the molecule is CCC(=O)c1cccc(-c2ccc(F)c(Cl)c2)c1. The van der Waals surface area contributed by atoms with Gasteiger partial charge in [-0.3, -0.25) is 4.79 Å². The van der Waals surface area contributed by atoms with E-state index in [9.17, 15) is 9.18 Å². The van der Waals surface area contributed by atoms with Crippen LogP contribution in [0.4, 0.5) is 4.39 Å². The molecule has 2 aromatic carbocycles. The molecule has 2 aromatic rings. The molecule has 0 amide bonds. The van der Waals surface area contributed by atoms with Crippen LogP contribution in [-0.4, -0.2) is 5.78 Å². The quantitative estimate of drug-likeness (QED) is 0.730. The van der Waals surface area contributed by atoms with E-state index >= 15 is 0 Å². The molecule has 0 atom stereocenters. The van der Waals surface area contributed by atoms with Gasteiger partial charge in [0.05, 0.1) is 5.02 Å². The molecule has 0 spiro atoms. The van der Waals surface area contributed by atoms with Gasteiger partial charge >= 0.3 is 0 Å². The third-order valence-electron chi connectivity index (χ3n) is 2.76. The Labute approximate surface area is 110 Å². The molecule has 0 radical (unpaired) electrons. The fourth-order valence-corrected chi connectivity index (χ4v) is 1.93. The number of hydrogen-bond donors (Lipinski definition) is 0. The molecule has 0 bridgehead atoms. The molecule has 0 fully saturated rings. The van der Waals surface area contributed by atoms with Gasteiger partial charge in [-0.1, -0.05) is 42.8 Å². The molecule has 0 aliphatic heterocycles. The summed E-state index contributed by atoms with van der Waals surface area (Å²) in [5, 5.41) is 0.0831. The molecule has 2 rings (SSSR count).